The molecule has 0 atom stereocenters. The molecule has 0 fully saturated rings. The number of nitrogens with one attached hydrogen (secondary N) is 1. The number of rotatable bonds is 4. The highest BCUT2D eigenvalue weighted by atomic mass is 32.1. The van der Waals surface area contributed by atoms with Crippen LogP contribution in [0, 0.1) is 0 Å². The molecule has 2 aromatic heterocycles. The first-order chi connectivity index (χ1) is 13.8. The van der Waals surface area contributed by atoms with Crippen molar-refractivity contribution in [2.45, 2.75) is 26.4 Å². The third kappa shape index (κ3) is 3.42. The van der Waals surface area contributed by atoms with E-state index in [-0.39, 0.29) is 18.0 Å². The van der Waals surface area contributed by atoms with Gasteiger partial charge < -0.3 is 20.4 Å². The average molecular weight is 414 g/mol. The number of hydrogen-bond donors (Lipinski definition) is 2. The zero-order valence-electron chi connectivity index (χ0n) is 15.6. The maximum absolute atomic E-state index is 12.6. The van der Waals surface area contributed by atoms with Crippen molar-refractivity contribution in [3.63, 3.8) is 0 Å². The number of aromatic nitrogens is 1. The van der Waals surface area contributed by atoms with Crippen molar-refractivity contribution >= 4 is 45.2 Å². The van der Waals surface area contributed by atoms with Gasteiger partial charge in [-0.05, 0) is 24.1 Å². The van der Waals surface area contributed by atoms with Crippen LogP contribution in [0.25, 0.3) is 11.1 Å². The van der Waals surface area contributed by atoms with Crippen LogP contribution in [0.4, 0.5) is 5.00 Å². The van der Waals surface area contributed by atoms with Crippen LogP contribution in [0.1, 0.15) is 27.7 Å². The number of nitrogens with zero attached hydrogens (tertiary/aromatic N) is 2. The molecule has 150 valence electrons. The van der Waals surface area contributed by atoms with Gasteiger partial charge in [-0.15, -0.1) is 11.3 Å². The maximum atomic E-state index is 12.6. The van der Waals surface area contributed by atoms with Gasteiger partial charge in [-0.25, -0.2) is 4.79 Å². The van der Waals surface area contributed by atoms with Crippen molar-refractivity contribution in [3.05, 3.63) is 50.8 Å². The van der Waals surface area contributed by atoms with E-state index in [2.05, 4.69) is 5.32 Å². The Kier molecular flexibility index (Phi) is 4.71. The molecule has 0 radical (unpaired) electrons. The number of primary amides is 1. The van der Waals surface area contributed by atoms with Crippen molar-refractivity contribution < 1.29 is 18.8 Å². The summed E-state index contributed by atoms with van der Waals surface area (Å²) < 4.78 is 6.35. The first-order valence-corrected chi connectivity index (χ1v) is 9.75. The number of carbonyl (C=O) groups excluding carboxylic acids is 3. The molecular formula is C19H18N4O5S. The SMILES string of the molecule is CC(=O)N1CCc2c(sc(NC(=O)Cn3c(=O)oc4ccccc43)c2C(N)=O)C1. The summed E-state index contributed by atoms with van der Waals surface area (Å²) in [5, 5.41) is 3.03. The minimum atomic E-state index is -0.640. The summed E-state index contributed by atoms with van der Waals surface area (Å²) in [6.07, 6.45) is 0.491. The lowest BCUT2D eigenvalue weighted by Crippen LogP contribution is -2.34. The lowest BCUT2D eigenvalue weighted by Gasteiger charge is -2.25. The van der Waals surface area contributed by atoms with Gasteiger partial charge in [0.1, 0.15) is 11.5 Å². The number of oxazole rings is 1. The quantitative estimate of drug-likeness (QED) is 0.665. The largest absolute Gasteiger partial charge is 0.420 e. The number of para-hydroxylation sites is 2. The Bertz CT molecular complexity index is 1210. The smallest absolute Gasteiger partial charge is 0.408 e. The van der Waals surface area contributed by atoms with E-state index in [1.54, 1.807) is 29.2 Å². The van der Waals surface area contributed by atoms with Gasteiger partial charge in [-0.2, -0.15) is 0 Å². The molecule has 1 aromatic carbocycles. The molecule has 3 aromatic rings. The number of carbonyl (C=O) groups is 3. The summed E-state index contributed by atoms with van der Waals surface area (Å²) in [5.41, 5.74) is 7.48. The molecule has 29 heavy (non-hydrogen) atoms. The molecular weight excluding hydrogens is 396 g/mol. The van der Waals surface area contributed by atoms with Crippen LogP contribution in [0.2, 0.25) is 0 Å². The van der Waals surface area contributed by atoms with Gasteiger partial charge in [-0.3, -0.25) is 19.0 Å². The van der Waals surface area contributed by atoms with E-state index in [4.69, 9.17) is 10.2 Å². The number of fused-ring (bicyclic) bond motifs is 2. The van der Waals surface area contributed by atoms with Crippen LogP contribution in [-0.4, -0.2) is 33.7 Å². The Labute approximate surface area is 168 Å². The fourth-order valence-electron chi connectivity index (χ4n) is 3.49. The van der Waals surface area contributed by atoms with Gasteiger partial charge in [-0.1, -0.05) is 12.1 Å². The predicted molar refractivity (Wildman–Crippen MR) is 107 cm³/mol. The molecule has 0 bridgehead atoms. The van der Waals surface area contributed by atoms with Crippen molar-refractivity contribution in [1.29, 1.82) is 0 Å². The van der Waals surface area contributed by atoms with Gasteiger partial charge in [0, 0.05) is 18.3 Å². The number of amides is 3. The summed E-state index contributed by atoms with van der Waals surface area (Å²) in [4.78, 5) is 50.9. The molecule has 3 heterocycles. The van der Waals surface area contributed by atoms with Crippen LogP contribution < -0.4 is 16.8 Å². The highest BCUT2D eigenvalue weighted by Gasteiger charge is 2.28. The number of anilines is 1. The van der Waals surface area contributed by atoms with Crippen molar-refractivity contribution in [2.75, 3.05) is 11.9 Å². The lowest BCUT2D eigenvalue weighted by atomic mass is 10.0. The van der Waals surface area contributed by atoms with Gasteiger partial charge >= 0.3 is 5.76 Å². The lowest BCUT2D eigenvalue weighted by molar-refractivity contribution is -0.129. The van der Waals surface area contributed by atoms with Gasteiger partial charge in [0.2, 0.25) is 11.8 Å². The molecule has 0 aliphatic carbocycles. The molecule has 0 spiro atoms. The zero-order valence-corrected chi connectivity index (χ0v) is 16.4. The van der Waals surface area contributed by atoms with Crippen LogP contribution in [-0.2, 0) is 29.1 Å². The molecule has 9 nitrogen and oxygen atoms in total. The molecule has 0 unspecified atom stereocenters. The van der Waals surface area contributed by atoms with Gasteiger partial charge in [0.15, 0.2) is 5.58 Å². The van der Waals surface area contributed by atoms with E-state index in [1.165, 1.54) is 22.8 Å². The maximum Gasteiger partial charge on any atom is 0.420 e. The Morgan fingerprint density at radius 1 is 1.28 bits per heavy atom. The highest BCUT2D eigenvalue weighted by Crippen LogP contribution is 2.37. The molecule has 4 rings (SSSR count). The number of benzene rings is 1. The molecule has 3 amide bonds. The Morgan fingerprint density at radius 3 is 2.76 bits per heavy atom. The number of hydrogen-bond acceptors (Lipinski definition) is 6. The average Bonchev–Trinajstić information content (AvgIpc) is 3.18. The van der Waals surface area contributed by atoms with E-state index in [9.17, 15) is 19.2 Å². The predicted octanol–water partition coefficient (Wildman–Crippen LogP) is 1.30. The Morgan fingerprint density at radius 2 is 2.03 bits per heavy atom. The number of nitrogens with two attached hydrogens (primary N) is 1. The van der Waals surface area contributed by atoms with E-state index in [0.717, 1.165) is 10.4 Å². The van der Waals surface area contributed by atoms with Crippen LogP contribution >= 0.6 is 11.3 Å². The van der Waals surface area contributed by atoms with E-state index < -0.39 is 17.6 Å². The second-order valence-electron chi connectivity index (χ2n) is 6.73. The fraction of sp³-hybridized carbons (Fsp3) is 0.263. The molecule has 1 aliphatic heterocycles. The normalized spacial score (nSPS) is 13.3. The second-order valence-corrected chi connectivity index (χ2v) is 7.84. The van der Waals surface area contributed by atoms with Crippen LogP contribution in [0.3, 0.4) is 0 Å². The molecule has 0 saturated carbocycles. The van der Waals surface area contributed by atoms with Crippen molar-refractivity contribution in [3.8, 4) is 0 Å². The highest BCUT2D eigenvalue weighted by molar-refractivity contribution is 7.17. The molecule has 0 saturated heterocycles. The first-order valence-electron chi connectivity index (χ1n) is 8.93. The summed E-state index contributed by atoms with van der Waals surface area (Å²) in [5.74, 6) is -1.82. The summed E-state index contributed by atoms with van der Waals surface area (Å²) in [7, 11) is 0. The second kappa shape index (κ2) is 7.21. The molecule has 3 N–H and O–H groups in total. The van der Waals surface area contributed by atoms with Crippen molar-refractivity contribution in [2.24, 2.45) is 5.73 Å². The van der Waals surface area contributed by atoms with Gasteiger partial charge in [0.05, 0.1) is 17.6 Å². The van der Waals surface area contributed by atoms with E-state index in [1.807, 2.05) is 0 Å². The van der Waals surface area contributed by atoms with Crippen LogP contribution in [0.15, 0.2) is 33.5 Å². The molecule has 10 heteroatoms. The van der Waals surface area contributed by atoms with E-state index in [0.29, 0.717) is 35.6 Å². The third-order valence-corrected chi connectivity index (χ3v) is 6.01. The fourth-order valence-corrected chi connectivity index (χ4v) is 4.78. The summed E-state index contributed by atoms with van der Waals surface area (Å²) in [6.45, 7) is 2.08. The van der Waals surface area contributed by atoms with Gasteiger partial charge in [0.25, 0.3) is 5.91 Å². The van der Waals surface area contributed by atoms with Crippen molar-refractivity contribution in [1.82, 2.24) is 9.47 Å². The summed E-state index contributed by atoms with van der Waals surface area (Å²) in [6, 6.07) is 6.80. The van der Waals surface area contributed by atoms with Crippen LogP contribution in [0.5, 0.6) is 0 Å². The first kappa shape index (κ1) is 18.9. The van der Waals surface area contributed by atoms with E-state index >= 15 is 0 Å². The Hall–Kier alpha value is -3.40. The standard InChI is InChI=1S/C19H18N4O5S/c1-10(24)22-7-6-11-14(8-22)29-18(16(11)17(20)26)21-15(25)9-23-12-4-2-3-5-13(12)28-19(23)27/h2-5H,6-9H2,1H3,(H2,20,26)(H,21,25). The Balaban J connectivity index is 1.61. The minimum Gasteiger partial charge on any atom is -0.408 e. The monoisotopic (exact) mass is 414 g/mol. The number of thiophene rings is 1. The third-order valence-electron chi connectivity index (χ3n) is 4.88. The molecule has 1 aliphatic rings. The topological polar surface area (TPSA) is 128 Å². The minimum absolute atomic E-state index is 0.0542. The summed E-state index contributed by atoms with van der Waals surface area (Å²) >= 11 is 1.22. The zero-order chi connectivity index (χ0) is 20.7.